The standard InChI is InChI=1S/C12H11FN2/c1-8-10-6-7-12(13)15(10)11-5-3-2-4-9(11)14-8/h2-8,14H,1H3. The molecule has 3 heteroatoms. The van der Waals surface area contributed by atoms with E-state index in [4.69, 9.17) is 0 Å². The third-order valence-corrected chi connectivity index (χ3v) is 2.82. The summed E-state index contributed by atoms with van der Waals surface area (Å²) in [6, 6.07) is 11.2. The summed E-state index contributed by atoms with van der Waals surface area (Å²) in [5.41, 5.74) is 2.83. The Labute approximate surface area is 87.3 Å². The van der Waals surface area contributed by atoms with Crippen molar-refractivity contribution in [1.29, 1.82) is 0 Å². The van der Waals surface area contributed by atoms with Crippen LogP contribution in [0, 0.1) is 5.95 Å². The number of fused-ring (bicyclic) bond motifs is 3. The normalized spacial score (nSPS) is 17.9. The summed E-state index contributed by atoms with van der Waals surface area (Å²) >= 11 is 0. The molecule has 0 spiro atoms. The molecule has 0 radical (unpaired) electrons. The van der Waals surface area contributed by atoms with Gasteiger partial charge < -0.3 is 5.32 Å². The molecule has 0 fully saturated rings. The van der Waals surface area contributed by atoms with E-state index in [1.807, 2.05) is 37.3 Å². The highest BCUT2D eigenvalue weighted by atomic mass is 19.1. The molecule has 0 saturated carbocycles. The molecule has 15 heavy (non-hydrogen) atoms. The van der Waals surface area contributed by atoms with Crippen molar-refractivity contribution in [3.8, 4) is 5.69 Å². The second-order valence-electron chi connectivity index (χ2n) is 3.80. The lowest BCUT2D eigenvalue weighted by molar-refractivity contribution is 0.544. The number of nitrogens with one attached hydrogen (secondary N) is 1. The Kier molecular flexibility index (Phi) is 1.63. The molecule has 0 saturated heterocycles. The molecule has 2 aromatic rings. The minimum absolute atomic E-state index is 0.143. The number of nitrogens with zero attached hydrogens (tertiary/aromatic N) is 1. The van der Waals surface area contributed by atoms with Crippen LogP contribution in [0.1, 0.15) is 18.7 Å². The molecule has 1 N–H and O–H groups in total. The Morgan fingerprint density at radius 3 is 2.87 bits per heavy atom. The predicted molar refractivity (Wildman–Crippen MR) is 57.8 cm³/mol. The second kappa shape index (κ2) is 2.86. The molecule has 76 valence electrons. The molecule has 3 rings (SSSR count). The summed E-state index contributed by atoms with van der Waals surface area (Å²) < 4.78 is 15.3. The van der Waals surface area contributed by atoms with Crippen molar-refractivity contribution in [3.05, 3.63) is 48.0 Å². The minimum atomic E-state index is -0.203. The van der Waals surface area contributed by atoms with E-state index in [0.29, 0.717) is 0 Å². The number of anilines is 1. The van der Waals surface area contributed by atoms with Gasteiger partial charge in [0.25, 0.3) is 0 Å². The topological polar surface area (TPSA) is 17.0 Å². The Morgan fingerprint density at radius 1 is 1.20 bits per heavy atom. The average molecular weight is 202 g/mol. The number of aromatic nitrogens is 1. The number of hydrogen-bond donors (Lipinski definition) is 1. The Bertz CT molecular complexity index is 516. The maximum absolute atomic E-state index is 13.6. The van der Waals surface area contributed by atoms with Crippen LogP contribution < -0.4 is 5.32 Å². The van der Waals surface area contributed by atoms with Crippen molar-refractivity contribution >= 4 is 5.69 Å². The molecule has 1 aromatic carbocycles. The molecular weight excluding hydrogens is 191 g/mol. The first-order valence-electron chi connectivity index (χ1n) is 5.00. The molecule has 1 aliphatic heterocycles. The highest BCUT2D eigenvalue weighted by Gasteiger charge is 2.22. The van der Waals surface area contributed by atoms with Crippen LogP contribution in [0.15, 0.2) is 36.4 Å². The first kappa shape index (κ1) is 8.53. The lowest BCUT2D eigenvalue weighted by Gasteiger charge is -2.26. The van der Waals surface area contributed by atoms with Crippen LogP contribution in [-0.4, -0.2) is 4.57 Å². The number of benzene rings is 1. The number of halogens is 1. The van der Waals surface area contributed by atoms with Gasteiger partial charge in [0.1, 0.15) is 0 Å². The Hall–Kier alpha value is -1.77. The number of para-hydroxylation sites is 2. The monoisotopic (exact) mass is 202 g/mol. The van der Waals surface area contributed by atoms with Gasteiger partial charge in [-0.15, -0.1) is 0 Å². The summed E-state index contributed by atoms with van der Waals surface area (Å²) in [6.07, 6.45) is 0. The second-order valence-corrected chi connectivity index (χ2v) is 3.80. The van der Waals surface area contributed by atoms with E-state index in [9.17, 15) is 4.39 Å². The minimum Gasteiger partial charge on any atom is -0.375 e. The third kappa shape index (κ3) is 1.09. The smallest absolute Gasteiger partial charge is 0.198 e. The van der Waals surface area contributed by atoms with Gasteiger partial charge in [0.15, 0.2) is 5.95 Å². The molecule has 1 atom stereocenters. The Balaban J connectivity index is 2.33. The van der Waals surface area contributed by atoms with E-state index in [1.54, 1.807) is 4.57 Å². The molecule has 1 aliphatic rings. The van der Waals surface area contributed by atoms with Crippen molar-refractivity contribution in [2.75, 3.05) is 5.32 Å². The van der Waals surface area contributed by atoms with Crippen LogP contribution in [0.4, 0.5) is 10.1 Å². The third-order valence-electron chi connectivity index (χ3n) is 2.82. The molecule has 2 nitrogen and oxygen atoms in total. The highest BCUT2D eigenvalue weighted by molar-refractivity contribution is 5.65. The number of rotatable bonds is 0. The maximum Gasteiger partial charge on any atom is 0.198 e. The quantitative estimate of drug-likeness (QED) is 0.694. The van der Waals surface area contributed by atoms with Crippen LogP contribution >= 0.6 is 0 Å². The van der Waals surface area contributed by atoms with Crippen molar-refractivity contribution in [3.63, 3.8) is 0 Å². The van der Waals surface area contributed by atoms with Gasteiger partial charge in [-0.1, -0.05) is 12.1 Å². The van der Waals surface area contributed by atoms with Crippen LogP contribution in [0.25, 0.3) is 5.69 Å². The maximum atomic E-state index is 13.6. The summed E-state index contributed by atoms with van der Waals surface area (Å²) in [6.45, 7) is 2.03. The van der Waals surface area contributed by atoms with Gasteiger partial charge in [-0.3, -0.25) is 4.57 Å². The fourth-order valence-electron chi connectivity index (χ4n) is 2.12. The molecule has 1 unspecified atom stereocenters. The molecule has 1 aromatic heterocycles. The zero-order valence-electron chi connectivity index (χ0n) is 8.37. The largest absolute Gasteiger partial charge is 0.375 e. The highest BCUT2D eigenvalue weighted by Crippen LogP contribution is 2.33. The van der Waals surface area contributed by atoms with Crippen LogP contribution in [0.5, 0.6) is 0 Å². The van der Waals surface area contributed by atoms with Crippen molar-refractivity contribution in [2.45, 2.75) is 13.0 Å². The van der Waals surface area contributed by atoms with Gasteiger partial charge >= 0.3 is 0 Å². The van der Waals surface area contributed by atoms with E-state index in [1.165, 1.54) is 6.07 Å². The first-order valence-corrected chi connectivity index (χ1v) is 5.00. The number of hydrogen-bond acceptors (Lipinski definition) is 1. The van der Waals surface area contributed by atoms with Crippen molar-refractivity contribution < 1.29 is 4.39 Å². The van der Waals surface area contributed by atoms with E-state index in [0.717, 1.165) is 17.1 Å². The summed E-state index contributed by atoms with van der Waals surface area (Å²) in [5, 5.41) is 3.34. The molecule has 2 heterocycles. The van der Waals surface area contributed by atoms with Crippen molar-refractivity contribution in [1.82, 2.24) is 4.57 Å². The lowest BCUT2D eigenvalue weighted by atomic mass is 10.1. The lowest BCUT2D eigenvalue weighted by Crippen LogP contribution is -2.19. The van der Waals surface area contributed by atoms with Crippen LogP contribution in [0.2, 0.25) is 0 Å². The van der Waals surface area contributed by atoms with Gasteiger partial charge in [-0.25, -0.2) is 0 Å². The summed E-state index contributed by atoms with van der Waals surface area (Å²) in [7, 11) is 0. The van der Waals surface area contributed by atoms with Gasteiger partial charge in [0, 0.05) is 5.69 Å². The average Bonchev–Trinajstić information content (AvgIpc) is 2.62. The van der Waals surface area contributed by atoms with Crippen LogP contribution in [0.3, 0.4) is 0 Å². The SMILES string of the molecule is CC1Nc2ccccc2-n2c(F)ccc21. The fraction of sp³-hybridized carbons (Fsp3) is 0.167. The molecule has 0 aliphatic carbocycles. The van der Waals surface area contributed by atoms with Gasteiger partial charge in [-0.2, -0.15) is 4.39 Å². The molecule has 0 amide bonds. The van der Waals surface area contributed by atoms with E-state index in [2.05, 4.69) is 5.32 Å². The van der Waals surface area contributed by atoms with Gasteiger partial charge in [-0.05, 0) is 31.2 Å². The van der Waals surface area contributed by atoms with Crippen molar-refractivity contribution in [2.24, 2.45) is 0 Å². The van der Waals surface area contributed by atoms with Gasteiger partial charge in [0.2, 0.25) is 0 Å². The predicted octanol–water partition coefficient (Wildman–Crippen LogP) is 3.10. The fourth-order valence-corrected chi connectivity index (χ4v) is 2.12. The van der Waals surface area contributed by atoms with Gasteiger partial charge in [0.05, 0.1) is 17.4 Å². The molecule has 0 bridgehead atoms. The van der Waals surface area contributed by atoms with E-state index < -0.39 is 0 Å². The zero-order valence-corrected chi connectivity index (χ0v) is 8.37. The first-order chi connectivity index (χ1) is 7.27. The van der Waals surface area contributed by atoms with Crippen LogP contribution in [-0.2, 0) is 0 Å². The zero-order chi connectivity index (χ0) is 10.4. The van der Waals surface area contributed by atoms with E-state index in [-0.39, 0.29) is 12.0 Å². The summed E-state index contributed by atoms with van der Waals surface area (Å²) in [4.78, 5) is 0. The van der Waals surface area contributed by atoms with E-state index >= 15 is 0 Å². The Morgan fingerprint density at radius 2 is 2.00 bits per heavy atom. The molecular formula is C12H11FN2. The summed E-state index contributed by atoms with van der Waals surface area (Å²) in [5.74, 6) is -0.203.